The predicted octanol–water partition coefficient (Wildman–Crippen LogP) is -0.323. The van der Waals surface area contributed by atoms with E-state index in [1.165, 1.54) is 6.26 Å². The number of rotatable bonds is 5. The highest BCUT2D eigenvalue weighted by molar-refractivity contribution is 7.89. The van der Waals surface area contributed by atoms with E-state index in [0.29, 0.717) is 11.4 Å². The minimum Gasteiger partial charge on any atom is -0.392 e. The lowest BCUT2D eigenvalue weighted by atomic mass is 10.3. The molecule has 0 bridgehead atoms. The monoisotopic (exact) mass is 272 g/mol. The van der Waals surface area contributed by atoms with Crippen molar-refractivity contribution >= 4 is 10.0 Å². The Labute approximate surface area is 103 Å². The number of aliphatic hydroxyl groups is 1. The molecule has 2 aromatic heterocycles. The van der Waals surface area contributed by atoms with Crippen LogP contribution in [0.3, 0.4) is 0 Å². The zero-order valence-corrected chi connectivity index (χ0v) is 10.4. The summed E-state index contributed by atoms with van der Waals surface area (Å²) in [6, 6.07) is 1.55. The molecule has 2 heterocycles. The number of nitrogens with zero attached hydrogens (tertiary/aromatic N) is 2. The Morgan fingerprint density at radius 1 is 1.56 bits per heavy atom. The second-order valence-electron chi connectivity index (χ2n) is 3.61. The van der Waals surface area contributed by atoms with Crippen molar-refractivity contribution in [1.29, 1.82) is 0 Å². The number of hydrogen-bond acceptors (Lipinski definition) is 6. The molecule has 2 rings (SSSR count). The van der Waals surface area contributed by atoms with Crippen molar-refractivity contribution in [2.45, 2.75) is 25.1 Å². The lowest BCUT2D eigenvalue weighted by Gasteiger charge is -2.03. The molecule has 3 N–H and O–H groups in total. The summed E-state index contributed by atoms with van der Waals surface area (Å²) in [7, 11) is -3.79. The standard InChI is InChI=1S/C9H12N4O4S/c1-6-8(5-14)9(12-11-6)18(15,16)10-4-7-2-3-17-13-7/h2-3,10,14H,4-5H2,1H3,(H,11,12). The molecular weight excluding hydrogens is 260 g/mol. The van der Waals surface area contributed by atoms with Gasteiger partial charge in [-0.25, -0.2) is 13.1 Å². The molecule has 2 aromatic rings. The van der Waals surface area contributed by atoms with Gasteiger partial charge >= 0.3 is 0 Å². The van der Waals surface area contributed by atoms with Gasteiger partial charge in [-0.3, -0.25) is 5.10 Å². The fourth-order valence-electron chi connectivity index (χ4n) is 1.40. The molecule has 9 heteroatoms. The second-order valence-corrected chi connectivity index (χ2v) is 5.29. The number of aryl methyl sites for hydroxylation is 1. The topological polar surface area (TPSA) is 121 Å². The van der Waals surface area contributed by atoms with Crippen molar-refractivity contribution in [3.8, 4) is 0 Å². The highest BCUT2D eigenvalue weighted by atomic mass is 32.2. The van der Waals surface area contributed by atoms with E-state index in [0.717, 1.165) is 0 Å². The molecule has 0 fully saturated rings. The van der Waals surface area contributed by atoms with Crippen molar-refractivity contribution in [3.05, 3.63) is 29.3 Å². The minimum atomic E-state index is -3.79. The Bertz CT molecular complexity index is 617. The summed E-state index contributed by atoms with van der Waals surface area (Å²) in [5, 5.41) is 18.7. The summed E-state index contributed by atoms with van der Waals surface area (Å²) in [6.45, 7) is 1.23. The van der Waals surface area contributed by atoms with Gasteiger partial charge in [-0.2, -0.15) is 5.10 Å². The fourth-order valence-corrected chi connectivity index (χ4v) is 2.59. The number of aliphatic hydroxyl groups excluding tert-OH is 1. The van der Waals surface area contributed by atoms with E-state index >= 15 is 0 Å². The van der Waals surface area contributed by atoms with Crippen molar-refractivity contribution in [1.82, 2.24) is 20.1 Å². The normalized spacial score (nSPS) is 11.9. The molecule has 0 aliphatic carbocycles. The van der Waals surface area contributed by atoms with Gasteiger partial charge < -0.3 is 9.63 Å². The largest absolute Gasteiger partial charge is 0.392 e. The first-order chi connectivity index (χ1) is 8.54. The van der Waals surface area contributed by atoms with Gasteiger partial charge in [0.2, 0.25) is 0 Å². The van der Waals surface area contributed by atoms with Gasteiger partial charge in [-0.15, -0.1) is 0 Å². The Morgan fingerprint density at radius 2 is 2.33 bits per heavy atom. The molecule has 98 valence electrons. The van der Waals surface area contributed by atoms with Crippen molar-refractivity contribution in [2.75, 3.05) is 0 Å². The first kappa shape index (κ1) is 12.7. The minimum absolute atomic E-state index is 0.00436. The molecular formula is C9H12N4O4S. The quantitative estimate of drug-likeness (QED) is 0.685. The Kier molecular flexibility index (Phi) is 3.45. The maximum atomic E-state index is 12.0. The maximum Gasteiger partial charge on any atom is 0.260 e. The number of nitrogens with one attached hydrogen (secondary N) is 2. The third-order valence-corrected chi connectivity index (χ3v) is 3.75. The molecule has 0 spiro atoms. The van der Waals surface area contributed by atoms with Gasteiger partial charge in [-0.05, 0) is 6.92 Å². The summed E-state index contributed by atoms with van der Waals surface area (Å²) in [5.41, 5.74) is 1.22. The predicted molar refractivity (Wildman–Crippen MR) is 59.8 cm³/mol. The summed E-state index contributed by atoms with van der Waals surface area (Å²) >= 11 is 0. The van der Waals surface area contributed by atoms with Crippen LogP contribution in [0.5, 0.6) is 0 Å². The zero-order chi connectivity index (χ0) is 13.2. The van der Waals surface area contributed by atoms with E-state index in [1.54, 1.807) is 13.0 Å². The van der Waals surface area contributed by atoms with Crippen LogP contribution in [0.1, 0.15) is 17.0 Å². The number of aromatic amines is 1. The molecule has 18 heavy (non-hydrogen) atoms. The molecule has 0 aromatic carbocycles. The van der Waals surface area contributed by atoms with E-state index in [2.05, 4.69) is 24.6 Å². The summed E-state index contributed by atoms with van der Waals surface area (Å²) in [5.74, 6) is 0. The highest BCUT2D eigenvalue weighted by Gasteiger charge is 2.23. The molecule has 0 saturated carbocycles. The smallest absolute Gasteiger partial charge is 0.260 e. The van der Waals surface area contributed by atoms with Crippen molar-refractivity contribution in [3.63, 3.8) is 0 Å². The molecule has 0 saturated heterocycles. The van der Waals surface area contributed by atoms with Crippen LogP contribution in [0.25, 0.3) is 0 Å². The highest BCUT2D eigenvalue weighted by Crippen LogP contribution is 2.16. The average Bonchev–Trinajstić information content (AvgIpc) is 2.95. The van der Waals surface area contributed by atoms with Crippen LogP contribution in [0.2, 0.25) is 0 Å². The third-order valence-electron chi connectivity index (χ3n) is 2.38. The van der Waals surface area contributed by atoms with Crippen LogP contribution in [0.4, 0.5) is 0 Å². The zero-order valence-electron chi connectivity index (χ0n) is 9.54. The Morgan fingerprint density at radius 3 is 2.94 bits per heavy atom. The summed E-state index contributed by atoms with van der Waals surface area (Å²) < 4.78 is 30.8. The van der Waals surface area contributed by atoms with Crippen LogP contribution >= 0.6 is 0 Å². The Balaban J connectivity index is 2.20. The Hall–Kier alpha value is -1.71. The summed E-state index contributed by atoms with van der Waals surface area (Å²) in [6.07, 6.45) is 1.35. The number of hydrogen-bond donors (Lipinski definition) is 3. The first-order valence-corrected chi connectivity index (χ1v) is 6.56. The van der Waals surface area contributed by atoms with Crippen molar-refractivity contribution < 1.29 is 18.0 Å². The SMILES string of the molecule is Cc1[nH]nc(S(=O)(=O)NCc2ccon2)c1CO. The van der Waals surface area contributed by atoms with Gasteiger partial charge in [0.15, 0.2) is 5.03 Å². The van der Waals surface area contributed by atoms with E-state index < -0.39 is 16.6 Å². The molecule has 0 aliphatic rings. The lowest BCUT2D eigenvalue weighted by molar-refractivity contribution is 0.277. The molecule has 0 aliphatic heterocycles. The number of aromatic nitrogens is 3. The summed E-state index contributed by atoms with van der Waals surface area (Å²) in [4.78, 5) is 0. The fraction of sp³-hybridized carbons (Fsp3) is 0.333. The molecule has 0 radical (unpaired) electrons. The average molecular weight is 272 g/mol. The maximum absolute atomic E-state index is 12.0. The molecule has 0 amide bonds. The first-order valence-electron chi connectivity index (χ1n) is 5.08. The van der Waals surface area contributed by atoms with Crippen LogP contribution < -0.4 is 4.72 Å². The van der Waals surface area contributed by atoms with Gasteiger partial charge in [-0.1, -0.05) is 5.16 Å². The van der Waals surface area contributed by atoms with Gasteiger partial charge in [0.1, 0.15) is 6.26 Å². The van der Waals surface area contributed by atoms with Crippen LogP contribution in [0.15, 0.2) is 21.9 Å². The molecule has 8 nitrogen and oxygen atoms in total. The van der Waals surface area contributed by atoms with Gasteiger partial charge in [0.25, 0.3) is 10.0 Å². The van der Waals surface area contributed by atoms with E-state index in [4.69, 9.17) is 5.11 Å². The molecule has 0 atom stereocenters. The van der Waals surface area contributed by atoms with Gasteiger partial charge in [0, 0.05) is 17.3 Å². The van der Waals surface area contributed by atoms with Crippen molar-refractivity contribution in [2.24, 2.45) is 0 Å². The molecule has 0 unspecified atom stereocenters. The third kappa shape index (κ3) is 2.42. The number of H-pyrrole nitrogens is 1. The second kappa shape index (κ2) is 4.88. The lowest BCUT2D eigenvalue weighted by Crippen LogP contribution is -2.24. The van der Waals surface area contributed by atoms with Crippen LogP contribution in [-0.4, -0.2) is 28.9 Å². The number of sulfonamides is 1. The van der Waals surface area contributed by atoms with Crippen LogP contribution in [0, 0.1) is 6.92 Å². The van der Waals surface area contributed by atoms with Gasteiger partial charge in [0.05, 0.1) is 18.8 Å². The van der Waals surface area contributed by atoms with E-state index in [-0.39, 0.29) is 17.1 Å². The van der Waals surface area contributed by atoms with Crippen LogP contribution in [-0.2, 0) is 23.2 Å². The van der Waals surface area contributed by atoms with E-state index in [1.807, 2.05) is 0 Å². The van der Waals surface area contributed by atoms with E-state index in [9.17, 15) is 8.42 Å².